The Bertz CT molecular complexity index is 337. The monoisotopic (exact) mass is 275 g/mol. The molecule has 0 saturated carbocycles. The van der Waals surface area contributed by atoms with E-state index in [2.05, 4.69) is 28.7 Å². The number of anilines is 1. The first kappa shape index (κ1) is 14.5. The summed E-state index contributed by atoms with van der Waals surface area (Å²) in [4.78, 5) is 10.3. The Kier molecular flexibility index (Phi) is 6.60. The van der Waals surface area contributed by atoms with Crippen LogP contribution in [0.5, 0.6) is 0 Å². The van der Waals surface area contributed by atoms with Gasteiger partial charge in [0.05, 0.1) is 6.20 Å². The number of nitrogens with zero attached hydrogens (tertiary/aromatic N) is 3. The Morgan fingerprint density at radius 2 is 1.71 bits per heavy atom. The van der Waals surface area contributed by atoms with Crippen molar-refractivity contribution < 1.29 is 0 Å². The molecule has 5 heteroatoms. The molecule has 96 valence electrons. The van der Waals surface area contributed by atoms with Crippen molar-refractivity contribution in [1.29, 1.82) is 0 Å². The topological polar surface area (TPSA) is 29.0 Å². The second-order valence-corrected chi connectivity index (χ2v) is 4.75. The molecule has 0 aliphatic heterocycles. The molecule has 0 amide bonds. The smallest absolute Gasteiger partial charge is 0.224 e. The maximum Gasteiger partial charge on any atom is 0.224 e. The molecular formula is C12H19Cl2N3. The van der Waals surface area contributed by atoms with Crippen LogP contribution in [0.2, 0.25) is 10.3 Å². The lowest BCUT2D eigenvalue weighted by Gasteiger charge is -2.24. The minimum atomic E-state index is 0.252. The van der Waals surface area contributed by atoms with E-state index in [-0.39, 0.29) is 5.28 Å². The van der Waals surface area contributed by atoms with E-state index in [1.165, 1.54) is 0 Å². The van der Waals surface area contributed by atoms with Gasteiger partial charge < -0.3 is 4.90 Å². The van der Waals surface area contributed by atoms with Gasteiger partial charge in [0.2, 0.25) is 5.28 Å². The summed E-state index contributed by atoms with van der Waals surface area (Å²) >= 11 is 11.9. The van der Waals surface area contributed by atoms with Crippen molar-refractivity contribution in [2.24, 2.45) is 0 Å². The third-order valence-corrected chi connectivity index (χ3v) is 3.01. The number of unbranched alkanes of at least 4 members (excludes halogenated alkanes) is 2. The summed E-state index contributed by atoms with van der Waals surface area (Å²) in [5.41, 5.74) is 0. The van der Waals surface area contributed by atoms with Crippen LogP contribution in [0.1, 0.15) is 39.5 Å². The fraction of sp³-hybridized carbons (Fsp3) is 0.667. The summed E-state index contributed by atoms with van der Waals surface area (Å²) < 4.78 is 0. The number of aromatic nitrogens is 2. The molecule has 1 rings (SSSR count). The second kappa shape index (κ2) is 7.72. The summed E-state index contributed by atoms with van der Waals surface area (Å²) in [7, 11) is 0. The van der Waals surface area contributed by atoms with E-state index in [1.54, 1.807) is 6.20 Å². The highest BCUT2D eigenvalue weighted by molar-refractivity contribution is 6.33. The molecule has 3 nitrogen and oxygen atoms in total. The molecular weight excluding hydrogens is 257 g/mol. The maximum atomic E-state index is 6.12. The highest BCUT2D eigenvalue weighted by Gasteiger charge is 2.12. The summed E-state index contributed by atoms with van der Waals surface area (Å²) in [6.45, 7) is 6.27. The van der Waals surface area contributed by atoms with Crippen molar-refractivity contribution in [3.05, 3.63) is 16.5 Å². The van der Waals surface area contributed by atoms with E-state index < -0.39 is 0 Å². The predicted octanol–water partition coefficient (Wildman–Crippen LogP) is 4.19. The van der Waals surface area contributed by atoms with Gasteiger partial charge >= 0.3 is 0 Å². The van der Waals surface area contributed by atoms with E-state index in [9.17, 15) is 0 Å². The van der Waals surface area contributed by atoms with Gasteiger partial charge in [0.1, 0.15) is 5.02 Å². The molecule has 0 unspecified atom stereocenters. The third-order valence-electron chi connectivity index (χ3n) is 2.56. The minimum absolute atomic E-state index is 0.252. The largest absolute Gasteiger partial charge is 0.355 e. The first-order chi connectivity index (χ1) is 8.19. The Hall–Kier alpha value is -0.540. The molecule has 0 radical (unpaired) electrons. The quantitative estimate of drug-likeness (QED) is 0.699. The number of halogens is 2. The van der Waals surface area contributed by atoms with Gasteiger partial charge in [0.25, 0.3) is 0 Å². The van der Waals surface area contributed by atoms with Gasteiger partial charge in [-0.05, 0) is 24.4 Å². The Balaban J connectivity index is 2.82. The van der Waals surface area contributed by atoms with E-state index in [1.807, 2.05) is 0 Å². The molecule has 1 aromatic rings. The summed E-state index contributed by atoms with van der Waals surface area (Å²) in [5, 5.41) is 0.823. The van der Waals surface area contributed by atoms with Gasteiger partial charge in [0.15, 0.2) is 5.82 Å². The van der Waals surface area contributed by atoms with Crippen molar-refractivity contribution in [1.82, 2.24) is 9.97 Å². The van der Waals surface area contributed by atoms with Gasteiger partial charge in [-0.25, -0.2) is 4.98 Å². The lowest BCUT2D eigenvalue weighted by atomic mass is 10.2. The molecule has 0 saturated heterocycles. The molecule has 0 aliphatic rings. The zero-order valence-electron chi connectivity index (χ0n) is 10.4. The van der Waals surface area contributed by atoms with Crippen LogP contribution in [0, 0.1) is 0 Å². The fourth-order valence-electron chi connectivity index (χ4n) is 1.58. The lowest BCUT2D eigenvalue weighted by molar-refractivity contribution is 0.670. The van der Waals surface area contributed by atoms with Crippen LogP contribution < -0.4 is 4.90 Å². The van der Waals surface area contributed by atoms with Crippen molar-refractivity contribution >= 4 is 29.0 Å². The van der Waals surface area contributed by atoms with E-state index in [0.29, 0.717) is 5.02 Å². The van der Waals surface area contributed by atoms with Gasteiger partial charge in [-0.1, -0.05) is 38.3 Å². The summed E-state index contributed by atoms with van der Waals surface area (Å²) in [6, 6.07) is 0. The van der Waals surface area contributed by atoms with E-state index in [4.69, 9.17) is 23.2 Å². The SMILES string of the molecule is CCCCN(CCCC)c1nc(Cl)ncc1Cl. The standard InChI is InChI=1S/C12H19Cl2N3/c1-3-5-7-17(8-6-4-2)11-10(13)9-15-12(14)16-11/h9H,3-8H2,1-2H3. The molecule has 0 bridgehead atoms. The molecule has 17 heavy (non-hydrogen) atoms. The average molecular weight is 276 g/mol. The Morgan fingerprint density at radius 3 is 2.24 bits per heavy atom. The van der Waals surface area contributed by atoms with Crippen molar-refractivity contribution in [3.8, 4) is 0 Å². The molecule has 1 heterocycles. The Morgan fingerprint density at radius 1 is 1.12 bits per heavy atom. The van der Waals surface area contributed by atoms with E-state index in [0.717, 1.165) is 44.6 Å². The molecule has 1 aromatic heterocycles. The van der Waals surface area contributed by atoms with Gasteiger partial charge in [-0.2, -0.15) is 4.98 Å². The van der Waals surface area contributed by atoms with Crippen molar-refractivity contribution in [3.63, 3.8) is 0 Å². The van der Waals surface area contributed by atoms with Crippen LogP contribution in [0.3, 0.4) is 0 Å². The summed E-state index contributed by atoms with van der Waals surface area (Å²) in [6.07, 6.45) is 6.12. The third kappa shape index (κ3) is 4.68. The maximum absolute atomic E-state index is 6.12. The van der Waals surface area contributed by atoms with Gasteiger partial charge in [0, 0.05) is 13.1 Å². The molecule has 0 N–H and O–H groups in total. The first-order valence-electron chi connectivity index (χ1n) is 6.12. The number of rotatable bonds is 7. The zero-order chi connectivity index (χ0) is 12.7. The zero-order valence-corrected chi connectivity index (χ0v) is 11.9. The van der Waals surface area contributed by atoms with Crippen LogP contribution in [-0.4, -0.2) is 23.1 Å². The average Bonchev–Trinajstić information content (AvgIpc) is 2.33. The Labute approximate surface area is 113 Å². The highest BCUT2D eigenvalue weighted by Crippen LogP contribution is 2.24. The minimum Gasteiger partial charge on any atom is -0.355 e. The molecule has 0 fully saturated rings. The molecule has 0 aromatic carbocycles. The van der Waals surface area contributed by atoms with Gasteiger partial charge in [-0.3, -0.25) is 0 Å². The van der Waals surface area contributed by atoms with Crippen LogP contribution in [0.25, 0.3) is 0 Å². The van der Waals surface area contributed by atoms with Crippen LogP contribution in [0.4, 0.5) is 5.82 Å². The lowest BCUT2D eigenvalue weighted by Crippen LogP contribution is -2.27. The normalized spacial score (nSPS) is 10.6. The number of hydrogen-bond donors (Lipinski definition) is 0. The molecule has 0 spiro atoms. The van der Waals surface area contributed by atoms with Crippen LogP contribution >= 0.6 is 23.2 Å². The van der Waals surface area contributed by atoms with Crippen LogP contribution in [-0.2, 0) is 0 Å². The van der Waals surface area contributed by atoms with Crippen molar-refractivity contribution in [2.45, 2.75) is 39.5 Å². The molecule has 0 atom stereocenters. The van der Waals surface area contributed by atoms with Crippen molar-refractivity contribution in [2.75, 3.05) is 18.0 Å². The highest BCUT2D eigenvalue weighted by atomic mass is 35.5. The van der Waals surface area contributed by atoms with Gasteiger partial charge in [-0.15, -0.1) is 0 Å². The van der Waals surface area contributed by atoms with E-state index >= 15 is 0 Å². The fourth-order valence-corrected chi connectivity index (χ4v) is 1.92. The number of hydrogen-bond acceptors (Lipinski definition) is 3. The summed E-state index contributed by atoms with van der Waals surface area (Å²) in [5.74, 6) is 0.758. The molecule has 0 aliphatic carbocycles. The first-order valence-corrected chi connectivity index (χ1v) is 6.87. The van der Waals surface area contributed by atoms with Crippen LogP contribution in [0.15, 0.2) is 6.20 Å². The predicted molar refractivity (Wildman–Crippen MR) is 74.1 cm³/mol. The second-order valence-electron chi connectivity index (χ2n) is 4.00.